The number of nitrogens with zero attached hydrogens (tertiary/aromatic N) is 2. The molecule has 0 radical (unpaired) electrons. The van der Waals surface area contributed by atoms with Gasteiger partial charge in [-0.05, 0) is 17.7 Å². The van der Waals surface area contributed by atoms with E-state index in [1.165, 1.54) is 12.3 Å². The first kappa shape index (κ1) is 18.2. The molecule has 0 aliphatic carbocycles. The van der Waals surface area contributed by atoms with Gasteiger partial charge in [-0.1, -0.05) is 60.7 Å². The first-order valence-electron chi connectivity index (χ1n) is 9.02. The van der Waals surface area contributed by atoms with Gasteiger partial charge >= 0.3 is 5.91 Å². The van der Waals surface area contributed by atoms with Crippen molar-refractivity contribution in [1.82, 2.24) is 20.6 Å². The molecule has 0 atom stereocenters. The van der Waals surface area contributed by atoms with E-state index in [4.69, 9.17) is 4.42 Å². The van der Waals surface area contributed by atoms with E-state index in [1.807, 2.05) is 60.7 Å². The number of nitrogens with one attached hydrogen (secondary N) is 2. The summed E-state index contributed by atoms with van der Waals surface area (Å²) in [5.41, 5.74) is 7.53. The summed E-state index contributed by atoms with van der Waals surface area (Å²) in [5.74, 6) is -0.905. The number of hydrazine groups is 1. The van der Waals surface area contributed by atoms with Crippen LogP contribution in [-0.2, 0) is 6.54 Å². The average molecular weight is 386 g/mol. The highest BCUT2D eigenvalue weighted by molar-refractivity contribution is 6.01. The van der Waals surface area contributed by atoms with E-state index in [0.717, 1.165) is 11.1 Å². The number of benzene rings is 2. The zero-order valence-corrected chi connectivity index (χ0v) is 15.4. The first-order chi connectivity index (χ1) is 14.2. The van der Waals surface area contributed by atoms with E-state index in [1.54, 1.807) is 16.9 Å². The van der Waals surface area contributed by atoms with Crippen LogP contribution < -0.4 is 10.9 Å². The maximum atomic E-state index is 12.8. The summed E-state index contributed by atoms with van der Waals surface area (Å²) in [7, 11) is 0. The van der Waals surface area contributed by atoms with Gasteiger partial charge in [0.2, 0.25) is 0 Å². The van der Waals surface area contributed by atoms with E-state index in [0.29, 0.717) is 17.8 Å². The van der Waals surface area contributed by atoms with Crippen LogP contribution in [0.4, 0.5) is 0 Å². The van der Waals surface area contributed by atoms with Crippen LogP contribution in [0.3, 0.4) is 0 Å². The predicted octanol–water partition coefficient (Wildman–Crippen LogP) is 3.27. The Labute approximate surface area is 166 Å². The lowest BCUT2D eigenvalue weighted by atomic mass is 10.1. The van der Waals surface area contributed by atoms with Gasteiger partial charge < -0.3 is 4.42 Å². The Hall–Kier alpha value is -4.13. The number of furan rings is 1. The number of aromatic nitrogens is 2. The van der Waals surface area contributed by atoms with Gasteiger partial charge in [0.25, 0.3) is 5.91 Å². The maximum Gasteiger partial charge on any atom is 0.305 e. The monoisotopic (exact) mass is 386 g/mol. The minimum atomic E-state index is -0.540. The van der Waals surface area contributed by atoms with Gasteiger partial charge in [0.05, 0.1) is 18.4 Å². The van der Waals surface area contributed by atoms with Crippen molar-refractivity contribution in [1.29, 1.82) is 0 Å². The Morgan fingerprint density at radius 1 is 0.862 bits per heavy atom. The van der Waals surface area contributed by atoms with Crippen LogP contribution in [0.25, 0.3) is 11.3 Å². The molecule has 0 fully saturated rings. The third-order valence-electron chi connectivity index (χ3n) is 4.28. The highest BCUT2D eigenvalue weighted by Gasteiger charge is 2.19. The van der Waals surface area contributed by atoms with Gasteiger partial charge in [0.15, 0.2) is 5.76 Å². The van der Waals surface area contributed by atoms with Crippen molar-refractivity contribution in [3.63, 3.8) is 0 Å². The summed E-state index contributed by atoms with van der Waals surface area (Å²) in [6, 6.07) is 22.4. The molecule has 0 saturated carbocycles. The van der Waals surface area contributed by atoms with Crippen LogP contribution in [-0.4, -0.2) is 21.6 Å². The normalized spacial score (nSPS) is 10.5. The molecule has 2 heterocycles. The average Bonchev–Trinajstić information content (AvgIpc) is 3.44. The summed E-state index contributed by atoms with van der Waals surface area (Å²) in [6.07, 6.45) is 3.06. The molecule has 7 nitrogen and oxygen atoms in total. The van der Waals surface area contributed by atoms with Gasteiger partial charge in [-0.25, -0.2) is 0 Å². The SMILES string of the molecule is O=C(NNC(=O)c1cn(Cc2ccccc2)nc1-c1ccccc1)c1ccco1. The van der Waals surface area contributed by atoms with Gasteiger partial charge in [-0.3, -0.25) is 25.1 Å². The molecule has 2 amide bonds. The Balaban J connectivity index is 1.58. The summed E-state index contributed by atoms with van der Waals surface area (Å²) in [5, 5.41) is 4.60. The lowest BCUT2D eigenvalue weighted by Crippen LogP contribution is -2.41. The predicted molar refractivity (Wildman–Crippen MR) is 107 cm³/mol. The number of carbonyl (C=O) groups is 2. The molecule has 144 valence electrons. The van der Waals surface area contributed by atoms with Crippen LogP contribution in [0.1, 0.15) is 26.5 Å². The minimum Gasteiger partial charge on any atom is -0.459 e. The zero-order valence-electron chi connectivity index (χ0n) is 15.4. The van der Waals surface area contributed by atoms with Crippen LogP contribution in [0, 0.1) is 0 Å². The Kier molecular flexibility index (Phi) is 5.20. The highest BCUT2D eigenvalue weighted by atomic mass is 16.3. The Bertz CT molecular complexity index is 1100. The lowest BCUT2D eigenvalue weighted by Gasteiger charge is -2.06. The Morgan fingerprint density at radius 2 is 1.55 bits per heavy atom. The number of amides is 2. The lowest BCUT2D eigenvalue weighted by molar-refractivity contribution is 0.0831. The topological polar surface area (TPSA) is 89.2 Å². The standard InChI is InChI=1S/C22H18N4O3/c27-21(23-24-22(28)19-12-7-13-29-19)18-15-26(14-16-8-3-1-4-9-16)25-20(18)17-10-5-2-6-11-17/h1-13,15H,14H2,(H,23,27)(H,24,28). The second-order valence-corrected chi connectivity index (χ2v) is 6.33. The summed E-state index contributed by atoms with van der Waals surface area (Å²) in [4.78, 5) is 24.8. The molecule has 7 heteroatoms. The number of carbonyl (C=O) groups excluding carboxylic acids is 2. The number of hydrogen-bond acceptors (Lipinski definition) is 4. The molecule has 2 aromatic heterocycles. The molecule has 0 bridgehead atoms. The fraction of sp³-hybridized carbons (Fsp3) is 0.0455. The molecule has 4 aromatic rings. The zero-order chi connectivity index (χ0) is 20.1. The van der Waals surface area contributed by atoms with Gasteiger partial charge in [0, 0.05) is 11.8 Å². The second-order valence-electron chi connectivity index (χ2n) is 6.33. The van der Waals surface area contributed by atoms with Crippen molar-refractivity contribution in [3.05, 3.63) is 102 Å². The summed E-state index contributed by atoms with van der Waals surface area (Å²) < 4.78 is 6.73. The number of hydrogen-bond donors (Lipinski definition) is 2. The molecular weight excluding hydrogens is 368 g/mol. The van der Waals surface area contributed by atoms with Crippen molar-refractivity contribution in [2.75, 3.05) is 0 Å². The fourth-order valence-electron chi connectivity index (χ4n) is 2.90. The van der Waals surface area contributed by atoms with Crippen LogP contribution in [0.15, 0.2) is 89.7 Å². The molecule has 0 saturated heterocycles. The van der Waals surface area contributed by atoms with Crippen molar-refractivity contribution >= 4 is 11.8 Å². The van der Waals surface area contributed by atoms with Crippen LogP contribution in [0.2, 0.25) is 0 Å². The minimum absolute atomic E-state index is 0.105. The quantitative estimate of drug-likeness (QED) is 0.515. The summed E-state index contributed by atoms with van der Waals surface area (Å²) in [6.45, 7) is 0.521. The van der Waals surface area contributed by atoms with Crippen molar-refractivity contribution in [2.45, 2.75) is 6.54 Å². The molecule has 0 unspecified atom stereocenters. The van der Waals surface area contributed by atoms with Gasteiger partial charge in [0.1, 0.15) is 5.69 Å². The molecular formula is C22H18N4O3. The van der Waals surface area contributed by atoms with E-state index in [9.17, 15) is 9.59 Å². The number of rotatable bonds is 5. The van der Waals surface area contributed by atoms with Gasteiger partial charge in [-0.15, -0.1) is 0 Å². The third kappa shape index (κ3) is 4.24. The van der Waals surface area contributed by atoms with E-state index in [2.05, 4.69) is 16.0 Å². The van der Waals surface area contributed by atoms with E-state index < -0.39 is 11.8 Å². The highest BCUT2D eigenvalue weighted by Crippen LogP contribution is 2.22. The largest absolute Gasteiger partial charge is 0.459 e. The maximum absolute atomic E-state index is 12.8. The molecule has 0 aliphatic rings. The molecule has 0 spiro atoms. The third-order valence-corrected chi connectivity index (χ3v) is 4.28. The first-order valence-corrected chi connectivity index (χ1v) is 9.02. The summed E-state index contributed by atoms with van der Waals surface area (Å²) >= 11 is 0. The molecule has 2 aromatic carbocycles. The second kappa shape index (κ2) is 8.26. The van der Waals surface area contributed by atoms with Gasteiger partial charge in [-0.2, -0.15) is 5.10 Å². The van der Waals surface area contributed by atoms with E-state index >= 15 is 0 Å². The molecule has 29 heavy (non-hydrogen) atoms. The van der Waals surface area contributed by atoms with Crippen molar-refractivity contribution in [3.8, 4) is 11.3 Å². The Morgan fingerprint density at radius 3 is 2.24 bits per heavy atom. The molecule has 0 aliphatic heterocycles. The van der Waals surface area contributed by atoms with Crippen LogP contribution in [0.5, 0.6) is 0 Å². The molecule has 4 rings (SSSR count). The van der Waals surface area contributed by atoms with Crippen molar-refractivity contribution < 1.29 is 14.0 Å². The van der Waals surface area contributed by atoms with E-state index in [-0.39, 0.29) is 5.76 Å². The smallest absolute Gasteiger partial charge is 0.305 e. The van der Waals surface area contributed by atoms with Crippen molar-refractivity contribution in [2.24, 2.45) is 0 Å². The fourth-order valence-corrected chi connectivity index (χ4v) is 2.90. The van der Waals surface area contributed by atoms with Crippen LogP contribution >= 0.6 is 0 Å². The molecule has 2 N–H and O–H groups in total.